The van der Waals surface area contributed by atoms with E-state index < -0.39 is 79.1 Å². The van der Waals surface area contributed by atoms with E-state index in [9.17, 15) is 33.9 Å². The molecule has 28 heavy (non-hydrogen) atoms. The van der Waals surface area contributed by atoms with Gasteiger partial charge in [-0.05, 0) is 6.92 Å². The highest BCUT2D eigenvalue weighted by molar-refractivity contribution is 5.97. The summed E-state index contributed by atoms with van der Waals surface area (Å²) in [4.78, 5) is 69.0. The van der Waals surface area contributed by atoms with Crippen LogP contribution in [-0.4, -0.2) is 76.5 Å². The van der Waals surface area contributed by atoms with Crippen molar-refractivity contribution in [3.05, 3.63) is 0 Å². The Balaban J connectivity index is 5.30. The van der Waals surface area contributed by atoms with Crippen LogP contribution < -0.4 is 33.2 Å². The van der Waals surface area contributed by atoms with Gasteiger partial charge in [-0.15, -0.1) is 0 Å². The van der Waals surface area contributed by atoms with Gasteiger partial charge in [0, 0.05) is 0 Å². The summed E-state index contributed by atoms with van der Waals surface area (Å²) in [5.41, 5.74) is 15.5. The smallest absolute Gasteiger partial charge is 0.322 e. The number of amides is 5. The normalized spacial score (nSPS) is 14.7. The van der Waals surface area contributed by atoms with Crippen LogP contribution in [0.4, 0.5) is 0 Å². The van der Waals surface area contributed by atoms with Gasteiger partial charge in [-0.1, -0.05) is 0 Å². The Kier molecular flexibility index (Phi) is 10.1. The predicted molar refractivity (Wildman–Crippen MR) is 91.8 cm³/mol. The van der Waals surface area contributed by atoms with Gasteiger partial charge in [0.1, 0.15) is 24.7 Å². The lowest BCUT2D eigenvalue weighted by atomic mass is 10.1. The van der Waals surface area contributed by atoms with Crippen LogP contribution in [0.1, 0.15) is 19.8 Å². The van der Waals surface area contributed by atoms with Crippen molar-refractivity contribution in [3.8, 4) is 0 Å². The Bertz CT molecular complexity index is 637. The lowest BCUT2D eigenvalue weighted by Crippen LogP contribution is -2.58. The van der Waals surface area contributed by atoms with Crippen LogP contribution in [0.3, 0.4) is 0 Å². The summed E-state index contributed by atoms with van der Waals surface area (Å²) in [5.74, 6) is -6.42. The lowest BCUT2D eigenvalue weighted by molar-refractivity contribution is -0.139. The van der Waals surface area contributed by atoms with Crippen molar-refractivity contribution >= 4 is 35.5 Å². The summed E-state index contributed by atoms with van der Waals surface area (Å²) < 4.78 is 0. The quantitative estimate of drug-likeness (QED) is 0.154. The van der Waals surface area contributed by atoms with Gasteiger partial charge >= 0.3 is 5.97 Å². The van der Waals surface area contributed by atoms with Crippen LogP contribution in [0.5, 0.6) is 0 Å². The van der Waals surface area contributed by atoms with Gasteiger partial charge in [-0.25, -0.2) is 0 Å². The zero-order valence-corrected chi connectivity index (χ0v) is 15.0. The minimum absolute atomic E-state index is 0.676. The Hall–Kier alpha value is -3.26. The third kappa shape index (κ3) is 9.44. The monoisotopic (exact) mass is 404 g/mol. The molecule has 0 saturated carbocycles. The van der Waals surface area contributed by atoms with E-state index in [1.165, 1.54) is 6.92 Å². The number of aliphatic hydroxyl groups is 1. The first-order valence-corrected chi connectivity index (χ1v) is 7.95. The van der Waals surface area contributed by atoms with E-state index in [1.807, 2.05) is 5.32 Å². The number of carbonyl (C=O) groups is 6. The minimum Gasteiger partial charge on any atom is -0.480 e. The van der Waals surface area contributed by atoms with Gasteiger partial charge in [0.15, 0.2) is 0 Å². The van der Waals surface area contributed by atoms with Crippen molar-refractivity contribution in [3.63, 3.8) is 0 Å². The number of nitrogens with two attached hydrogens (primary N) is 3. The predicted octanol–water partition coefficient (Wildman–Crippen LogP) is -5.38. The van der Waals surface area contributed by atoms with Crippen molar-refractivity contribution in [2.75, 3.05) is 6.54 Å². The molecule has 0 rings (SSSR count). The zero-order valence-electron chi connectivity index (χ0n) is 15.0. The van der Waals surface area contributed by atoms with Crippen molar-refractivity contribution in [2.24, 2.45) is 17.2 Å². The Morgan fingerprint density at radius 3 is 1.68 bits per heavy atom. The number of rotatable bonds is 12. The average molecular weight is 404 g/mol. The van der Waals surface area contributed by atoms with E-state index in [1.54, 1.807) is 0 Å². The molecule has 0 aromatic heterocycles. The summed E-state index contributed by atoms with van der Waals surface area (Å²) in [5, 5.41) is 24.0. The maximum absolute atomic E-state index is 12.4. The minimum atomic E-state index is -1.57. The van der Waals surface area contributed by atoms with Gasteiger partial charge in [0.2, 0.25) is 29.5 Å². The SMILES string of the molecule is CC(O)C(N)C(=O)NC(CC(N)=O)C(=O)NC(CC(N)=O)C(=O)NCC(=O)O. The molecule has 0 aliphatic heterocycles. The topological polar surface area (TPSA) is 257 Å². The molecule has 0 radical (unpaired) electrons. The lowest BCUT2D eigenvalue weighted by Gasteiger charge is -2.23. The van der Waals surface area contributed by atoms with Crippen molar-refractivity contribution in [1.29, 1.82) is 0 Å². The molecule has 158 valence electrons. The molecule has 4 atom stereocenters. The number of primary amides is 2. The average Bonchev–Trinajstić information content (AvgIpc) is 2.56. The number of aliphatic hydroxyl groups excluding tert-OH is 1. The maximum Gasteiger partial charge on any atom is 0.322 e. The Labute approximate surface area is 159 Å². The number of aliphatic carboxylic acids is 1. The highest BCUT2D eigenvalue weighted by atomic mass is 16.4. The molecule has 0 spiro atoms. The fourth-order valence-electron chi connectivity index (χ4n) is 1.87. The third-order valence-electron chi connectivity index (χ3n) is 3.31. The standard InChI is InChI=1S/C14H24N6O8/c1-5(21)11(17)14(28)20-7(3-9(16)23)13(27)19-6(2-8(15)22)12(26)18-4-10(24)25/h5-7,11,21H,2-4,17H2,1H3,(H2,15,22)(H2,16,23)(H,18,26)(H,19,27)(H,20,28)(H,24,25). The van der Waals surface area contributed by atoms with E-state index in [0.29, 0.717) is 0 Å². The number of carboxylic acids is 1. The Morgan fingerprint density at radius 1 is 0.857 bits per heavy atom. The molecule has 14 heteroatoms. The summed E-state index contributed by atoms with van der Waals surface area (Å²) in [6.45, 7) is 0.442. The fourth-order valence-corrected chi connectivity index (χ4v) is 1.87. The first-order chi connectivity index (χ1) is 12.8. The molecule has 11 N–H and O–H groups in total. The molecule has 0 fully saturated rings. The van der Waals surface area contributed by atoms with Crippen LogP contribution in [0, 0.1) is 0 Å². The fraction of sp³-hybridized carbons (Fsp3) is 0.571. The summed E-state index contributed by atoms with van der Waals surface area (Å²) >= 11 is 0. The van der Waals surface area contributed by atoms with E-state index in [0.717, 1.165) is 0 Å². The number of nitrogens with one attached hydrogen (secondary N) is 3. The van der Waals surface area contributed by atoms with E-state index in [-0.39, 0.29) is 0 Å². The molecule has 14 nitrogen and oxygen atoms in total. The van der Waals surface area contributed by atoms with Crippen LogP contribution >= 0.6 is 0 Å². The molecule has 0 saturated heterocycles. The number of carboxylic acid groups (broad SMARTS) is 1. The second-order valence-electron chi connectivity index (χ2n) is 5.84. The van der Waals surface area contributed by atoms with Crippen molar-refractivity contribution in [1.82, 2.24) is 16.0 Å². The zero-order chi connectivity index (χ0) is 22.0. The first kappa shape index (κ1) is 24.7. The molecule has 0 heterocycles. The Morgan fingerprint density at radius 2 is 1.29 bits per heavy atom. The molecular weight excluding hydrogens is 380 g/mol. The van der Waals surface area contributed by atoms with Crippen LogP contribution in [0.15, 0.2) is 0 Å². The molecule has 0 aliphatic carbocycles. The molecule has 0 aromatic carbocycles. The second kappa shape index (κ2) is 11.5. The van der Waals surface area contributed by atoms with Gasteiger partial charge in [-0.3, -0.25) is 28.8 Å². The molecule has 5 amide bonds. The van der Waals surface area contributed by atoms with E-state index in [2.05, 4.69) is 10.6 Å². The molecular formula is C14H24N6O8. The van der Waals surface area contributed by atoms with Crippen LogP contribution in [0.2, 0.25) is 0 Å². The van der Waals surface area contributed by atoms with Crippen LogP contribution in [0.25, 0.3) is 0 Å². The second-order valence-corrected chi connectivity index (χ2v) is 5.84. The molecule has 4 unspecified atom stereocenters. The molecule has 0 bridgehead atoms. The van der Waals surface area contributed by atoms with Crippen molar-refractivity contribution < 1.29 is 39.0 Å². The van der Waals surface area contributed by atoms with Gasteiger partial charge in [0.05, 0.1) is 18.9 Å². The van der Waals surface area contributed by atoms with E-state index in [4.69, 9.17) is 22.3 Å². The first-order valence-electron chi connectivity index (χ1n) is 7.95. The highest BCUT2D eigenvalue weighted by Crippen LogP contribution is 1.99. The van der Waals surface area contributed by atoms with Crippen LogP contribution in [-0.2, 0) is 28.8 Å². The summed E-state index contributed by atoms with van der Waals surface area (Å²) in [7, 11) is 0. The van der Waals surface area contributed by atoms with Crippen molar-refractivity contribution in [2.45, 2.75) is 44.0 Å². The number of carbonyl (C=O) groups excluding carboxylic acids is 5. The van der Waals surface area contributed by atoms with Gasteiger partial charge in [0.25, 0.3) is 0 Å². The number of hydrogen-bond donors (Lipinski definition) is 8. The summed E-state index contributed by atoms with van der Waals surface area (Å²) in [6, 6.07) is -4.55. The maximum atomic E-state index is 12.4. The van der Waals surface area contributed by atoms with E-state index >= 15 is 0 Å². The highest BCUT2D eigenvalue weighted by Gasteiger charge is 2.31. The summed E-state index contributed by atoms with van der Waals surface area (Å²) in [6.07, 6.45) is -2.62. The van der Waals surface area contributed by atoms with Gasteiger partial charge in [-0.2, -0.15) is 0 Å². The third-order valence-corrected chi connectivity index (χ3v) is 3.31. The number of hydrogen-bond acceptors (Lipinski definition) is 8. The van der Waals surface area contributed by atoms with Gasteiger partial charge < -0.3 is 43.4 Å². The molecule has 0 aromatic rings. The largest absolute Gasteiger partial charge is 0.480 e. The molecule has 0 aliphatic rings.